The number of benzene rings is 1. The third kappa shape index (κ3) is 2.90. The van der Waals surface area contributed by atoms with Gasteiger partial charge in [0.05, 0.1) is 6.07 Å². The normalized spacial score (nSPS) is 13.9. The van der Waals surface area contributed by atoms with Crippen LogP contribution in [0.3, 0.4) is 0 Å². The zero-order valence-electron chi connectivity index (χ0n) is 8.56. The fourth-order valence-electron chi connectivity index (χ4n) is 1.32. The predicted octanol–water partition coefficient (Wildman–Crippen LogP) is 1.13. The lowest BCUT2D eigenvalue weighted by Gasteiger charge is -2.33. The lowest BCUT2D eigenvalue weighted by molar-refractivity contribution is -0.466. The van der Waals surface area contributed by atoms with Gasteiger partial charge in [-0.3, -0.25) is 0 Å². The third-order valence-electron chi connectivity index (χ3n) is 2.25. The van der Waals surface area contributed by atoms with E-state index in [0.717, 1.165) is 0 Å². The molecule has 1 aromatic carbocycles. The summed E-state index contributed by atoms with van der Waals surface area (Å²) in [6.07, 6.45) is 0.175. The van der Waals surface area contributed by atoms with Gasteiger partial charge in [0.15, 0.2) is 0 Å². The van der Waals surface area contributed by atoms with Gasteiger partial charge in [0, 0.05) is 12.0 Å². The highest BCUT2D eigenvalue weighted by molar-refractivity contribution is 5.75. The summed E-state index contributed by atoms with van der Waals surface area (Å²) in [5.41, 5.74) is -1.37. The van der Waals surface area contributed by atoms with Crippen LogP contribution in [0, 0.1) is 11.3 Å². The first-order valence-electron chi connectivity index (χ1n) is 4.75. The highest BCUT2D eigenvalue weighted by Gasteiger charge is 2.18. The van der Waals surface area contributed by atoms with Gasteiger partial charge in [0.25, 0.3) is 0 Å². The van der Waals surface area contributed by atoms with Crippen LogP contribution in [0.15, 0.2) is 30.3 Å². The van der Waals surface area contributed by atoms with Gasteiger partial charge in [-0.15, -0.1) is 0 Å². The predicted molar refractivity (Wildman–Crippen MR) is 53.6 cm³/mol. The Hall–Kier alpha value is -1.66. The van der Waals surface area contributed by atoms with E-state index >= 15 is 0 Å². The Kier molecular flexibility index (Phi) is 3.59. The lowest BCUT2D eigenvalue weighted by Crippen LogP contribution is -2.39. The van der Waals surface area contributed by atoms with Crippen LogP contribution in [-0.4, -0.2) is 5.78 Å². The molecule has 3 nitrogen and oxygen atoms in total. The van der Waals surface area contributed by atoms with Gasteiger partial charge in [0.2, 0.25) is 0 Å². The van der Waals surface area contributed by atoms with E-state index in [4.69, 9.17) is 5.26 Å². The van der Waals surface area contributed by atoms with E-state index in [1.165, 1.54) is 6.92 Å². The minimum atomic E-state index is -1.80. The number of Topliss-reactive ketones (excluding diaryl/α,β-unsaturated/α-hetero) is 1. The number of rotatable bonds is 4. The Morgan fingerprint density at radius 2 is 2.07 bits per heavy atom. The lowest BCUT2D eigenvalue weighted by atomic mass is 9.90. The number of carbonyl (C=O) groups is 1. The van der Waals surface area contributed by atoms with Gasteiger partial charge in [-0.2, -0.15) is 5.26 Å². The molecule has 0 bridgehead atoms. The molecule has 1 aromatic rings. The molecule has 15 heavy (non-hydrogen) atoms. The van der Waals surface area contributed by atoms with Gasteiger partial charge in [-0.05, 0) is 18.9 Å². The number of carbonyl (C=O) groups excluding carboxylic acids is 1. The summed E-state index contributed by atoms with van der Waals surface area (Å²) in [6, 6.07) is 10.2. The molecular weight excluding hydrogens is 190 g/mol. The highest BCUT2D eigenvalue weighted by atomic mass is 16.3. The first-order chi connectivity index (χ1) is 7.08. The van der Waals surface area contributed by atoms with Crippen molar-refractivity contribution in [3.05, 3.63) is 35.9 Å². The van der Waals surface area contributed by atoms with Crippen LogP contribution in [-0.2, 0) is 10.4 Å². The maximum Gasteiger partial charge on any atom is 0.129 e. The van der Waals surface area contributed by atoms with Crippen molar-refractivity contribution < 1.29 is 9.90 Å². The second kappa shape index (κ2) is 4.72. The van der Waals surface area contributed by atoms with E-state index in [9.17, 15) is 9.90 Å². The van der Waals surface area contributed by atoms with Gasteiger partial charge in [-0.1, -0.05) is 30.3 Å². The summed E-state index contributed by atoms with van der Waals surface area (Å²) >= 11 is 0. The van der Waals surface area contributed by atoms with E-state index in [2.05, 4.69) is 0 Å². The quantitative estimate of drug-likeness (QED) is 0.735. The minimum absolute atomic E-state index is 0.0306. The molecule has 0 radical (unpaired) electrons. The van der Waals surface area contributed by atoms with E-state index in [0.29, 0.717) is 5.56 Å². The van der Waals surface area contributed by atoms with Crippen molar-refractivity contribution in [1.29, 1.82) is 5.26 Å². The number of nitriles is 1. The second-order valence-corrected chi connectivity index (χ2v) is 3.51. The fourth-order valence-corrected chi connectivity index (χ4v) is 1.32. The van der Waals surface area contributed by atoms with E-state index < -0.39 is 5.60 Å². The van der Waals surface area contributed by atoms with Gasteiger partial charge >= 0.3 is 0 Å². The Labute approximate surface area is 89.0 Å². The molecule has 1 unspecified atom stereocenters. The molecule has 0 N–H and O–H groups in total. The summed E-state index contributed by atoms with van der Waals surface area (Å²) in [7, 11) is 0. The third-order valence-corrected chi connectivity index (χ3v) is 2.25. The summed E-state index contributed by atoms with van der Waals surface area (Å²) < 4.78 is 0. The van der Waals surface area contributed by atoms with Crippen LogP contribution >= 0.6 is 0 Å². The van der Waals surface area contributed by atoms with E-state index in [-0.39, 0.29) is 18.6 Å². The first kappa shape index (κ1) is 11.4. The molecule has 0 aromatic heterocycles. The van der Waals surface area contributed by atoms with Crippen molar-refractivity contribution in [2.45, 2.75) is 25.4 Å². The number of ketones is 1. The number of hydrogen-bond donors (Lipinski definition) is 0. The van der Waals surface area contributed by atoms with Gasteiger partial charge in [-0.25, -0.2) is 0 Å². The Morgan fingerprint density at radius 1 is 1.47 bits per heavy atom. The molecule has 1 atom stereocenters. The maximum absolute atomic E-state index is 12.1. The molecule has 0 aliphatic carbocycles. The molecule has 1 rings (SSSR count). The largest absolute Gasteiger partial charge is 0.835 e. The summed E-state index contributed by atoms with van der Waals surface area (Å²) in [5, 5.41) is 20.9. The molecule has 0 aliphatic heterocycles. The average Bonchev–Trinajstić information content (AvgIpc) is 2.27. The van der Waals surface area contributed by atoms with Gasteiger partial charge in [0.1, 0.15) is 5.78 Å². The molecule has 0 amide bonds. The zero-order chi connectivity index (χ0) is 11.3. The van der Waals surface area contributed by atoms with Crippen LogP contribution < -0.4 is 5.11 Å². The van der Waals surface area contributed by atoms with Crippen LogP contribution in [0.25, 0.3) is 0 Å². The average molecular weight is 202 g/mol. The molecule has 3 heteroatoms. The molecule has 0 spiro atoms. The topological polar surface area (TPSA) is 63.9 Å². The van der Waals surface area contributed by atoms with E-state index in [1.807, 2.05) is 0 Å². The molecule has 0 fully saturated rings. The van der Waals surface area contributed by atoms with Gasteiger partial charge < -0.3 is 9.90 Å². The van der Waals surface area contributed by atoms with Crippen LogP contribution in [0.5, 0.6) is 0 Å². The standard InChI is InChI=1S/C12H12NO2/c1-10(14)7-8-12(15,9-13)11-5-3-2-4-6-11/h2-6H,7-8H2,1H3/q-1. The van der Waals surface area contributed by atoms with Crippen LogP contribution in [0.2, 0.25) is 0 Å². The monoisotopic (exact) mass is 202 g/mol. The first-order valence-corrected chi connectivity index (χ1v) is 4.75. The fraction of sp³-hybridized carbons (Fsp3) is 0.333. The highest BCUT2D eigenvalue weighted by Crippen LogP contribution is 2.22. The summed E-state index contributed by atoms with van der Waals surface area (Å²) in [6.45, 7) is 1.42. The molecule has 0 saturated carbocycles. The van der Waals surface area contributed by atoms with Crippen LogP contribution in [0.4, 0.5) is 0 Å². The molecule has 0 heterocycles. The van der Waals surface area contributed by atoms with Crippen molar-refractivity contribution in [2.75, 3.05) is 0 Å². The number of nitrogens with zero attached hydrogens (tertiary/aromatic N) is 1. The summed E-state index contributed by atoms with van der Waals surface area (Å²) in [5.74, 6) is -0.0681. The summed E-state index contributed by atoms with van der Waals surface area (Å²) in [4.78, 5) is 10.8. The molecule has 78 valence electrons. The SMILES string of the molecule is CC(=O)CCC([O-])(C#N)c1ccccc1. The molecule has 0 saturated heterocycles. The minimum Gasteiger partial charge on any atom is -0.835 e. The molecule has 0 aliphatic rings. The molecular formula is C12H12NO2-. The van der Waals surface area contributed by atoms with Crippen LogP contribution in [0.1, 0.15) is 25.3 Å². The zero-order valence-corrected chi connectivity index (χ0v) is 8.56. The van der Waals surface area contributed by atoms with Crippen molar-refractivity contribution >= 4 is 5.78 Å². The van der Waals surface area contributed by atoms with Crippen molar-refractivity contribution in [3.8, 4) is 6.07 Å². The number of hydrogen-bond acceptors (Lipinski definition) is 3. The second-order valence-electron chi connectivity index (χ2n) is 3.51. The van der Waals surface area contributed by atoms with Crippen molar-refractivity contribution in [2.24, 2.45) is 0 Å². The Morgan fingerprint density at radius 3 is 2.53 bits per heavy atom. The smallest absolute Gasteiger partial charge is 0.129 e. The Bertz CT molecular complexity index is 380. The Balaban J connectivity index is 2.87. The maximum atomic E-state index is 12.1. The van der Waals surface area contributed by atoms with E-state index in [1.54, 1.807) is 36.4 Å². The van der Waals surface area contributed by atoms with Crippen molar-refractivity contribution in [3.63, 3.8) is 0 Å². The van der Waals surface area contributed by atoms with Crippen molar-refractivity contribution in [1.82, 2.24) is 0 Å².